The van der Waals surface area contributed by atoms with Crippen LogP contribution in [0.25, 0.3) is 0 Å². The first kappa shape index (κ1) is 17.2. The fourth-order valence-corrected chi connectivity index (χ4v) is 2.28. The van der Waals surface area contributed by atoms with Crippen LogP contribution in [-0.2, 0) is 9.47 Å². The van der Waals surface area contributed by atoms with E-state index in [0.717, 1.165) is 45.8 Å². The van der Waals surface area contributed by atoms with E-state index in [1.807, 2.05) is 6.92 Å². The van der Waals surface area contributed by atoms with Gasteiger partial charge in [0.1, 0.15) is 0 Å². The zero-order valence-corrected chi connectivity index (χ0v) is 12.6. The van der Waals surface area contributed by atoms with Crippen molar-refractivity contribution in [2.24, 2.45) is 10.9 Å². The topological polar surface area (TPSA) is 83.6 Å². The van der Waals surface area contributed by atoms with Crippen molar-refractivity contribution in [3.05, 3.63) is 0 Å². The molecule has 0 aliphatic carbocycles. The smallest absolute Gasteiger partial charge is 0.156 e. The predicted molar refractivity (Wildman–Crippen MR) is 78.2 cm³/mol. The summed E-state index contributed by atoms with van der Waals surface area (Å²) in [5.74, 6) is 0.282. The maximum Gasteiger partial charge on any atom is 0.156 e. The van der Waals surface area contributed by atoms with Crippen molar-refractivity contribution in [3.63, 3.8) is 0 Å². The summed E-state index contributed by atoms with van der Waals surface area (Å²) in [6.07, 6.45) is 1.04. The molecule has 0 aromatic carbocycles. The van der Waals surface area contributed by atoms with E-state index >= 15 is 0 Å². The first-order valence-electron chi connectivity index (χ1n) is 7.19. The molecule has 1 saturated heterocycles. The molecule has 0 amide bonds. The van der Waals surface area contributed by atoms with Crippen LogP contribution in [0.3, 0.4) is 0 Å². The maximum absolute atomic E-state index is 8.70. The van der Waals surface area contributed by atoms with Crippen LogP contribution in [-0.4, -0.2) is 86.5 Å². The Morgan fingerprint density at radius 1 is 1.25 bits per heavy atom. The van der Waals surface area contributed by atoms with E-state index in [9.17, 15) is 0 Å². The molecule has 0 saturated carbocycles. The van der Waals surface area contributed by atoms with Gasteiger partial charge in [0.05, 0.1) is 19.3 Å². The van der Waals surface area contributed by atoms with Gasteiger partial charge in [-0.05, 0) is 13.3 Å². The molecule has 118 valence electrons. The third kappa shape index (κ3) is 6.04. The number of methoxy groups -OCH3 is 1. The summed E-state index contributed by atoms with van der Waals surface area (Å²) >= 11 is 0. The lowest BCUT2D eigenvalue weighted by Crippen LogP contribution is -2.53. The van der Waals surface area contributed by atoms with Crippen molar-refractivity contribution < 1.29 is 14.7 Å². The highest BCUT2D eigenvalue weighted by Crippen LogP contribution is 2.07. The molecule has 1 heterocycles. The Morgan fingerprint density at radius 2 is 1.95 bits per heavy atom. The number of nitrogens with zero attached hydrogens (tertiary/aromatic N) is 3. The van der Waals surface area contributed by atoms with Crippen LogP contribution < -0.4 is 5.73 Å². The minimum absolute atomic E-state index is 0.000438. The van der Waals surface area contributed by atoms with Gasteiger partial charge < -0.3 is 25.3 Å². The van der Waals surface area contributed by atoms with Crippen molar-refractivity contribution >= 4 is 5.84 Å². The number of amidine groups is 1. The molecule has 1 aliphatic heterocycles. The summed E-state index contributed by atoms with van der Waals surface area (Å²) in [7, 11) is 1.68. The van der Waals surface area contributed by atoms with E-state index in [0.29, 0.717) is 13.2 Å². The molecule has 1 rings (SSSR count). The average Bonchev–Trinajstić information content (AvgIpc) is 2.50. The summed E-state index contributed by atoms with van der Waals surface area (Å²) in [6.45, 7) is 9.05. The molecule has 20 heavy (non-hydrogen) atoms. The van der Waals surface area contributed by atoms with Gasteiger partial charge in [-0.3, -0.25) is 4.90 Å². The highest BCUT2D eigenvalue weighted by molar-refractivity contribution is 5.84. The SMILES string of the molecule is COCCOCCCN1CCN(C(C)C(N)=NO)CC1. The first-order chi connectivity index (χ1) is 9.69. The Labute approximate surface area is 121 Å². The van der Waals surface area contributed by atoms with Crippen LogP contribution >= 0.6 is 0 Å². The van der Waals surface area contributed by atoms with Crippen molar-refractivity contribution in [3.8, 4) is 0 Å². The summed E-state index contributed by atoms with van der Waals surface area (Å²) in [5.41, 5.74) is 5.64. The average molecular weight is 288 g/mol. The van der Waals surface area contributed by atoms with Gasteiger partial charge in [0.2, 0.25) is 0 Å². The van der Waals surface area contributed by atoms with Gasteiger partial charge in [-0.1, -0.05) is 5.16 Å². The van der Waals surface area contributed by atoms with E-state index in [2.05, 4.69) is 15.0 Å². The Kier molecular flexibility index (Phi) is 8.52. The Hall–Kier alpha value is -0.890. The van der Waals surface area contributed by atoms with E-state index < -0.39 is 0 Å². The minimum atomic E-state index is -0.000438. The second-order valence-corrected chi connectivity index (χ2v) is 5.04. The van der Waals surface area contributed by atoms with Gasteiger partial charge in [0.25, 0.3) is 0 Å². The number of oxime groups is 1. The molecule has 0 spiro atoms. The number of nitrogens with two attached hydrogens (primary N) is 1. The number of hydrogen-bond donors (Lipinski definition) is 2. The minimum Gasteiger partial charge on any atom is -0.409 e. The normalized spacial score (nSPS) is 20.2. The van der Waals surface area contributed by atoms with Gasteiger partial charge in [-0.2, -0.15) is 0 Å². The van der Waals surface area contributed by atoms with E-state index in [1.165, 1.54) is 0 Å². The van der Waals surface area contributed by atoms with Gasteiger partial charge >= 0.3 is 0 Å². The molecule has 1 fully saturated rings. The third-order valence-electron chi connectivity index (χ3n) is 3.69. The summed E-state index contributed by atoms with van der Waals surface area (Å²) in [5, 5.41) is 11.8. The largest absolute Gasteiger partial charge is 0.409 e. The van der Waals surface area contributed by atoms with Crippen LogP contribution in [0.2, 0.25) is 0 Å². The molecule has 0 bridgehead atoms. The van der Waals surface area contributed by atoms with Gasteiger partial charge in [-0.15, -0.1) is 0 Å². The van der Waals surface area contributed by atoms with Gasteiger partial charge in [-0.25, -0.2) is 0 Å². The Morgan fingerprint density at radius 3 is 2.55 bits per heavy atom. The number of piperazine rings is 1. The lowest BCUT2D eigenvalue weighted by molar-refractivity contribution is 0.0599. The molecular formula is C13H28N4O3. The van der Waals surface area contributed by atoms with E-state index in [1.54, 1.807) is 7.11 Å². The summed E-state index contributed by atoms with van der Waals surface area (Å²) < 4.78 is 10.4. The van der Waals surface area contributed by atoms with Crippen molar-refractivity contribution in [1.82, 2.24) is 9.80 Å². The molecule has 0 radical (unpaired) electrons. The number of rotatable bonds is 9. The van der Waals surface area contributed by atoms with Crippen LogP contribution in [0.5, 0.6) is 0 Å². The molecule has 7 heteroatoms. The number of ether oxygens (including phenoxy) is 2. The lowest BCUT2D eigenvalue weighted by Gasteiger charge is -2.37. The van der Waals surface area contributed by atoms with Gasteiger partial charge in [0.15, 0.2) is 5.84 Å². The van der Waals surface area contributed by atoms with Gasteiger partial charge in [0, 0.05) is 46.4 Å². The zero-order chi connectivity index (χ0) is 14.8. The fraction of sp³-hybridized carbons (Fsp3) is 0.923. The molecule has 1 aliphatic rings. The van der Waals surface area contributed by atoms with Crippen molar-refractivity contribution in [2.75, 3.05) is 59.7 Å². The zero-order valence-electron chi connectivity index (χ0n) is 12.6. The molecule has 0 aromatic heterocycles. The molecular weight excluding hydrogens is 260 g/mol. The van der Waals surface area contributed by atoms with Crippen LogP contribution in [0.1, 0.15) is 13.3 Å². The standard InChI is InChI=1S/C13H28N4O3/c1-12(13(14)15-18)17-7-5-16(6-8-17)4-3-9-20-11-10-19-2/h12,18H,3-11H2,1-2H3,(H2,14,15). The quantitative estimate of drug-likeness (QED) is 0.201. The van der Waals surface area contributed by atoms with Crippen LogP contribution in [0.15, 0.2) is 5.16 Å². The lowest BCUT2D eigenvalue weighted by atomic mass is 10.2. The molecule has 3 N–H and O–H groups in total. The highest BCUT2D eigenvalue weighted by Gasteiger charge is 2.22. The summed E-state index contributed by atoms with van der Waals surface area (Å²) in [4.78, 5) is 4.66. The van der Waals surface area contributed by atoms with Crippen LogP contribution in [0, 0.1) is 0 Å². The van der Waals surface area contributed by atoms with E-state index in [-0.39, 0.29) is 11.9 Å². The molecule has 7 nitrogen and oxygen atoms in total. The van der Waals surface area contributed by atoms with Crippen LogP contribution in [0.4, 0.5) is 0 Å². The van der Waals surface area contributed by atoms with Crippen molar-refractivity contribution in [1.29, 1.82) is 0 Å². The second kappa shape index (κ2) is 9.93. The summed E-state index contributed by atoms with van der Waals surface area (Å²) in [6, 6.07) is -0.000438. The van der Waals surface area contributed by atoms with Crippen molar-refractivity contribution in [2.45, 2.75) is 19.4 Å². The first-order valence-corrected chi connectivity index (χ1v) is 7.19. The number of hydrogen-bond acceptors (Lipinski definition) is 6. The molecule has 0 aromatic rings. The third-order valence-corrected chi connectivity index (χ3v) is 3.69. The maximum atomic E-state index is 8.70. The van der Waals surface area contributed by atoms with E-state index in [4.69, 9.17) is 20.4 Å². The fourth-order valence-electron chi connectivity index (χ4n) is 2.28. The predicted octanol–water partition coefficient (Wildman–Crippen LogP) is -0.208. The second-order valence-electron chi connectivity index (χ2n) is 5.04. The molecule has 1 atom stereocenters. The Balaban J connectivity index is 2.10. The molecule has 1 unspecified atom stereocenters. The highest BCUT2D eigenvalue weighted by atomic mass is 16.5. The monoisotopic (exact) mass is 288 g/mol. The Bertz CT molecular complexity index is 281.